The van der Waals surface area contributed by atoms with Gasteiger partial charge in [-0.2, -0.15) is 0 Å². The lowest BCUT2D eigenvalue weighted by Gasteiger charge is -2.07. The van der Waals surface area contributed by atoms with Gasteiger partial charge in [0.15, 0.2) is 0 Å². The number of ether oxygens (including phenoxy) is 1. The van der Waals surface area contributed by atoms with E-state index in [2.05, 4.69) is 10.1 Å². The molecular formula is C9H12BNO4. The second kappa shape index (κ2) is 4.81. The lowest BCUT2D eigenvalue weighted by molar-refractivity contribution is 0.0601. The first-order valence-electron chi connectivity index (χ1n) is 4.35. The summed E-state index contributed by atoms with van der Waals surface area (Å²) < 4.78 is 4.54. The van der Waals surface area contributed by atoms with E-state index >= 15 is 0 Å². The average Bonchev–Trinajstić information content (AvgIpc) is 2.27. The molecule has 1 rings (SSSR count). The molecule has 3 N–H and O–H groups in total. The zero-order valence-corrected chi connectivity index (χ0v) is 8.52. The Morgan fingerprint density at radius 2 is 2.07 bits per heavy atom. The van der Waals surface area contributed by atoms with E-state index in [4.69, 9.17) is 10.0 Å². The summed E-state index contributed by atoms with van der Waals surface area (Å²) in [5.74, 6) is -0.519. The molecule has 0 atom stereocenters. The number of carbonyl (C=O) groups is 1. The molecule has 0 aromatic heterocycles. The van der Waals surface area contributed by atoms with Crippen LogP contribution in [0.5, 0.6) is 0 Å². The fraction of sp³-hybridized carbons (Fsp3) is 0.222. The van der Waals surface area contributed by atoms with Crippen molar-refractivity contribution in [2.24, 2.45) is 0 Å². The first-order chi connectivity index (χ1) is 7.08. The highest BCUT2D eigenvalue weighted by atomic mass is 16.5. The van der Waals surface area contributed by atoms with Gasteiger partial charge in [0.25, 0.3) is 0 Å². The Kier molecular flexibility index (Phi) is 3.71. The van der Waals surface area contributed by atoms with Crippen LogP contribution in [0.4, 0.5) is 5.69 Å². The summed E-state index contributed by atoms with van der Waals surface area (Å²) in [6.45, 7) is 0. The molecule has 5 nitrogen and oxygen atoms in total. The lowest BCUT2D eigenvalue weighted by Crippen LogP contribution is -2.30. The molecule has 0 heterocycles. The highest BCUT2D eigenvalue weighted by Crippen LogP contribution is 2.09. The zero-order valence-electron chi connectivity index (χ0n) is 8.52. The molecule has 0 fully saturated rings. The second-order valence-corrected chi connectivity index (χ2v) is 2.96. The molecule has 80 valence electrons. The second-order valence-electron chi connectivity index (χ2n) is 2.96. The number of carbonyl (C=O) groups excluding carboxylic acids is 1. The van der Waals surface area contributed by atoms with Crippen molar-refractivity contribution < 1.29 is 19.6 Å². The number of esters is 1. The quantitative estimate of drug-likeness (QED) is 0.448. The normalized spacial score (nSPS) is 9.60. The minimum absolute atomic E-state index is 0.238. The van der Waals surface area contributed by atoms with Crippen LogP contribution in [0, 0.1) is 0 Å². The van der Waals surface area contributed by atoms with E-state index in [0.29, 0.717) is 5.69 Å². The molecule has 0 aliphatic heterocycles. The zero-order chi connectivity index (χ0) is 11.4. The van der Waals surface area contributed by atoms with E-state index in [0.717, 1.165) is 0 Å². The van der Waals surface area contributed by atoms with E-state index in [1.54, 1.807) is 13.1 Å². The number of hydrogen-bond acceptors (Lipinski definition) is 5. The summed E-state index contributed by atoms with van der Waals surface area (Å²) in [6.07, 6.45) is 0. The molecule has 0 spiro atoms. The van der Waals surface area contributed by atoms with E-state index in [1.165, 1.54) is 19.2 Å². The maximum absolute atomic E-state index is 11.2. The number of nitrogens with one attached hydrogen (secondary N) is 1. The third-order valence-electron chi connectivity index (χ3n) is 1.96. The topological polar surface area (TPSA) is 78.8 Å². The Morgan fingerprint density at radius 3 is 2.53 bits per heavy atom. The number of benzene rings is 1. The average molecular weight is 209 g/mol. The first-order valence-corrected chi connectivity index (χ1v) is 4.35. The molecule has 0 amide bonds. The molecule has 0 saturated heterocycles. The van der Waals surface area contributed by atoms with Gasteiger partial charge in [-0.05, 0) is 23.7 Å². The van der Waals surface area contributed by atoms with Crippen LogP contribution in [0.3, 0.4) is 0 Å². The predicted molar refractivity (Wildman–Crippen MR) is 57.2 cm³/mol. The highest BCUT2D eigenvalue weighted by molar-refractivity contribution is 6.58. The van der Waals surface area contributed by atoms with E-state index in [9.17, 15) is 4.79 Å². The van der Waals surface area contributed by atoms with E-state index in [1.807, 2.05) is 0 Å². The molecule has 0 aliphatic rings. The van der Waals surface area contributed by atoms with Crippen LogP contribution in [0.2, 0.25) is 0 Å². The fourth-order valence-corrected chi connectivity index (χ4v) is 1.18. The highest BCUT2D eigenvalue weighted by Gasteiger charge is 2.15. The number of methoxy groups -OCH3 is 1. The smallest absolute Gasteiger partial charge is 0.465 e. The third-order valence-corrected chi connectivity index (χ3v) is 1.96. The number of anilines is 1. The fourth-order valence-electron chi connectivity index (χ4n) is 1.18. The van der Waals surface area contributed by atoms with Gasteiger partial charge < -0.3 is 20.1 Å². The van der Waals surface area contributed by atoms with Gasteiger partial charge in [-0.3, -0.25) is 0 Å². The van der Waals surface area contributed by atoms with Gasteiger partial charge in [-0.25, -0.2) is 4.79 Å². The maximum Gasteiger partial charge on any atom is 0.488 e. The van der Waals surface area contributed by atoms with Gasteiger partial charge in [-0.1, -0.05) is 0 Å². The summed E-state index contributed by atoms with van der Waals surface area (Å²) in [4.78, 5) is 11.2. The Bertz CT molecular complexity index is 367. The van der Waals surface area contributed by atoms with Crippen molar-refractivity contribution in [2.75, 3.05) is 19.5 Å². The van der Waals surface area contributed by atoms with Crippen LogP contribution in [-0.4, -0.2) is 37.3 Å². The molecule has 6 heteroatoms. The van der Waals surface area contributed by atoms with Crippen LogP contribution in [-0.2, 0) is 4.74 Å². The number of rotatable bonds is 3. The van der Waals surface area contributed by atoms with Crippen LogP contribution in [0.15, 0.2) is 18.2 Å². The number of hydrogen-bond donors (Lipinski definition) is 3. The predicted octanol–water partition coefficient (Wildman–Crippen LogP) is -0.805. The molecular weight excluding hydrogens is 197 g/mol. The van der Waals surface area contributed by atoms with Crippen LogP contribution >= 0.6 is 0 Å². The van der Waals surface area contributed by atoms with Crippen molar-refractivity contribution in [2.45, 2.75) is 0 Å². The van der Waals surface area contributed by atoms with Crippen molar-refractivity contribution in [1.82, 2.24) is 0 Å². The molecule has 0 unspecified atom stereocenters. The molecule has 1 aromatic carbocycles. The minimum Gasteiger partial charge on any atom is -0.465 e. The third kappa shape index (κ3) is 2.71. The van der Waals surface area contributed by atoms with Crippen molar-refractivity contribution in [3.05, 3.63) is 23.8 Å². The van der Waals surface area contributed by atoms with Crippen LogP contribution < -0.4 is 10.8 Å². The molecule has 0 bridgehead atoms. The van der Waals surface area contributed by atoms with Gasteiger partial charge >= 0.3 is 13.1 Å². The molecule has 1 aromatic rings. The summed E-state index contributed by atoms with van der Waals surface area (Å²) in [5.41, 5.74) is 1.12. The van der Waals surface area contributed by atoms with E-state index < -0.39 is 13.1 Å². The Labute approximate surface area is 87.8 Å². The van der Waals surface area contributed by atoms with Crippen molar-refractivity contribution in [3.63, 3.8) is 0 Å². The van der Waals surface area contributed by atoms with Crippen molar-refractivity contribution in [1.29, 1.82) is 0 Å². The summed E-state index contributed by atoms with van der Waals surface area (Å²) >= 11 is 0. The molecule has 0 aliphatic carbocycles. The maximum atomic E-state index is 11.2. The Hall–Kier alpha value is -1.53. The summed E-state index contributed by atoms with van der Waals surface area (Å²) in [7, 11) is 1.33. The summed E-state index contributed by atoms with van der Waals surface area (Å²) in [6, 6.07) is 4.48. The van der Waals surface area contributed by atoms with Gasteiger partial charge in [0.2, 0.25) is 0 Å². The van der Waals surface area contributed by atoms with Gasteiger partial charge in [0, 0.05) is 12.7 Å². The largest absolute Gasteiger partial charge is 0.488 e. The van der Waals surface area contributed by atoms with Gasteiger partial charge in [0.1, 0.15) is 0 Å². The monoisotopic (exact) mass is 209 g/mol. The van der Waals surface area contributed by atoms with E-state index in [-0.39, 0.29) is 11.0 Å². The van der Waals surface area contributed by atoms with Gasteiger partial charge in [-0.15, -0.1) is 0 Å². The molecule has 15 heavy (non-hydrogen) atoms. The molecule has 0 saturated carbocycles. The Morgan fingerprint density at radius 1 is 1.40 bits per heavy atom. The summed E-state index contributed by atoms with van der Waals surface area (Å²) in [5, 5.41) is 20.8. The SMILES string of the molecule is CNc1cc(B(O)O)cc(C(=O)OC)c1. The van der Waals surface area contributed by atoms with Crippen molar-refractivity contribution in [3.8, 4) is 0 Å². The lowest BCUT2D eigenvalue weighted by atomic mass is 9.79. The first kappa shape index (κ1) is 11.5. The van der Waals surface area contributed by atoms with Crippen LogP contribution in [0.25, 0.3) is 0 Å². The molecule has 0 radical (unpaired) electrons. The van der Waals surface area contributed by atoms with Gasteiger partial charge in [0.05, 0.1) is 12.7 Å². The Balaban J connectivity index is 3.17. The van der Waals surface area contributed by atoms with Crippen LogP contribution in [0.1, 0.15) is 10.4 Å². The minimum atomic E-state index is -1.61. The van der Waals surface area contributed by atoms with Crippen molar-refractivity contribution >= 4 is 24.2 Å². The standard InChI is InChI=1S/C9H12BNO4/c1-11-8-4-6(9(12)15-2)3-7(5-8)10(13)14/h3-5,11,13-14H,1-2H3.